The second-order valence-electron chi connectivity index (χ2n) is 3.75. The van der Waals surface area contributed by atoms with Crippen LogP contribution in [0.4, 0.5) is 0 Å². The Balaban J connectivity index is 2.66. The van der Waals surface area contributed by atoms with Gasteiger partial charge in [0.05, 0.1) is 6.61 Å². The third-order valence-corrected chi connectivity index (χ3v) is 2.53. The van der Waals surface area contributed by atoms with Crippen LogP contribution in [0.3, 0.4) is 0 Å². The van der Waals surface area contributed by atoms with Crippen molar-refractivity contribution in [1.82, 2.24) is 0 Å². The van der Waals surface area contributed by atoms with E-state index in [1.54, 1.807) is 12.3 Å². The molecule has 1 heterocycles. The highest BCUT2D eigenvalue weighted by molar-refractivity contribution is 5.66. The van der Waals surface area contributed by atoms with Crippen LogP contribution in [0.25, 0.3) is 0 Å². The van der Waals surface area contributed by atoms with Crippen molar-refractivity contribution in [2.45, 2.75) is 33.2 Å². The van der Waals surface area contributed by atoms with Gasteiger partial charge in [-0.2, -0.15) is 4.57 Å². The number of carboxylic acid groups (broad SMARTS) is 1. The Kier molecular flexibility index (Phi) is 4.75. The molecule has 1 aromatic heterocycles. The lowest BCUT2D eigenvalue weighted by Crippen LogP contribution is -2.35. The molecule has 0 bridgehead atoms. The van der Waals surface area contributed by atoms with Crippen LogP contribution in [0, 0.1) is 6.92 Å². The summed E-state index contributed by atoms with van der Waals surface area (Å²) in [7, 11) is 0. The van der Waals surface area contributed by atoms with Gasteiger partial charge in [-0.15, -0.1) is 0 Å². The molecule has 0 aliphatic heterocycles. The number of aliphatic carboxylic acids is 1. The van der Waals surface area contributed by atoms with Crippen LogP contribution in [-0.2, 0) is 11.3 Å². The van der Waals surface area contributed by atoms with Crippen molar-refractivity contribution in [2.75, 3.05) is 6.61 Å². The lowest BCUT2D eigenvalue weighted by Gasteiger charge is -2.09. The van der Waals surface area contributed by atoms with E-state index in [1.165, 1.54) is 0 Å². The summed E-state index contributed by atoms with van der Waals surface area (Å²) in [6, 6.07) is 1.57. The van der Waals surface area contributed by atoms with E-state index in [1.807, 2.05) is 18.4 Å². The van der Waals surface area contributed by atoms with Crippen LogP contribution in [-0.4, -0.2) is 22.8 Å². The largest absolute Gasteiger partial charge is 0.504 e. The average molecular weight is 240 g/mol. The van der Waals surface area contributed by atoms with E-state index in [-0.39, 0.29) is 18.8 Å². The number of rotatable bonds is 6. The minimum absolute atomic E-state index is 0.0699. The predicted molar refractivity (Wildman–Crippen MR) is 61.1 cm³/mol. The summed E-state index contributed by atoms with van der Waals surface area (Å²) in [6.45, 7) is 4.93. The Morgan fingerprint density at radius 3 is 2.82 bits per heavy atom. The summed E-state index contributed by atoms with van der Waals surface area (Å²) in [5, 5.41) is 18.2. The second-order valence-corrected chi connectivity index (χ2v) is 3.75. The maximum absolute atomic E-state index is 10.3. The number of hydrogen-bond acceptors (Lipinski definition) is 3. The van der Waals surface area contributed by atoms with Gasteiger partial charge in [0.2, 0.25) is 11.4 Å². The number of aromatic nitrogens is 1. The Morgan fingerprint density at radius 2 is 2.24 bits per heavy atom. The van der Waals surface area contributed by atoms with Crippen LogP contribution >= 0.6 is 0 Å². The van der Waals surface area contributed by atoms with Crippen molar-refractivity contribution in [3.05, 3.63) is 18.0 Å². The van der Waals surface area contributed by atoms with Crippen molar-refractivity contribution in [3.63, 3.8) is 0 Å². The Morgan fingerprint density at radius 1 is 1.53 bits per heavy atom. The van der Waals surface area contributed by atoms with E-state index in [0.29, 0.717) is 12.2 Å². The summed E-state index contributed by atoms with van der Waals surface area (Å²) < 4.78 is 7.38. The standard InChI is InChI=1S/C12H17NO4/c1-3-13-7-6-10(14)12(9(13)2)17-8-4-5-11(15)16/h6-7H,3-5,8H2,1-2H3,(H,15,16)/p+1. The zero-order chi connectivity index (χ0) is 12.8. The number of aromatic hydroxyl groups is 1. The molecule has 17 heavy (non-hydrogen) atoms. The normalized spacial score (nSPS) is 10.2. The van der Waals surface area contributed by atoms with Crippen LogP contribution in [0.2, 0.25) is 0 Å². The molecule has 0 aliphatic carbocycles. The molecule has 0 atom stereocenters. The molecular weight excluding hydrogens is 222 g/mol. The van der Waals surface area contributed by atoms with E-state index in [0.717, 1.165) is 12.2 Å². The maximum Gasteiger partial charge on any atom is 0.303 e. The molecule has 2 N–H and O–H groups in total. The van der Waals surface area contributed by atoms with Crippen LogP contribution in [0.1, 0.15) is 25.5 Å². The Bertz CT molecular complexity index is 404. The molecule has 0 aromatic carbocycles. The highest BCUT2D eigenvalue weighted by Crippen LogP contribution is 2.26. The molecular formula is C12H18NO4+. The van der Waals surface area contributed by atoms with Gasteiger partial charge in [0.1, 0.15) is 6.54 Å². The van der Waals surface area contributed by atoms with Gasteiger partial charge in [-0.1, -0.05) is 0 Å². The van der Waals surface area contributed by atoms with Crippen molar-refractivity contribution >= 4 is 5.97 Å². The number of aryl methyl sites for hydroxylation is 1. The molecule has 0 fully saturated rings. The molecule has 0 radical (unpaired) electrons. The van der Waals surface area contributed by atoms with Crippen LogP contribution in [0.15, 0.2) is 12.3 Å². The molecule has 0 saturated heterocycles. The zero-order valence-corrected chi connectivity index (χ0v) is 10.1. The van der Waals surface area contributed by atoms with Crippen LogP contribution in [0.5, 0.6) is 11.5 Å². The highest BCUT2D eigenvalue weighted by Gasteiger charge is 2.16. The third-order valence-electron chi connectivity index (χ3n) is 2.53. The third kappa shape index (κ3) is 3.62. The minimum Gasteiger partial charge on any atom is -0.504 e. The summed E-state index contributed by atoms with van der Waals surface area (Å²) in [5.41, 5.74) is 0.836. The van der Waals surface area contributed by atoms with Crippen LogP contribution < -0.4 is 9.30 Å². The van der Waals surface area contributed by atoms with E-state index < -0.39 is 5.97 Å². The van der Waals surface area contributed by atoms with Gasteiger partial charge in [0.25, 0.3) is 0 Å². The molecule has 94 valence electrons. The first kappa shape index (κ1) is 13.3. The van der Waals surface area contributed by atoms with Gasteiger partial charge in [0, 0.05) is 19.4 Å². The van der Waals surface area contributed by atoms with Crippen molar-refractivity contribution in [2.24, 2.45) is 0 Å². The van der Waals surface area contributed by atoms with E-state index in [4.69, 9.17) is 9.84 Å². The summed E-state index contributed by atoms with van der Waals surface area (Å²) in [5.74, 6) is -0.325. The Labute approximate surface area is 100 Å². The molecule has 1 rings (SSSR count). The molecule has 0 saturated carbocycles. The van der Waals surface area contributed by atoms with E-state index >= 15 is 0 Å². The first-order valence-electron chi connectivity index (χ1n) is 5.62. The molecule has 0 aliphatic rings. The van der Waals surface area contributed by atoms with Crippen molar-refractivity contribution in [1.29, 1.82) is 0 Å². The summed E-state index contributed by atoms with van der Waals surface area (Å²) in [6.07, 6.45) is 2.28. The lowest BCUT2D eigenvalue weighted by atomic mass is 10.3. The fourth-order valence-corrected chi connectivity index (χ4v) is 1.58. The van der Waals surface area contributed by atoms with Gasteiger partial charge in [0.15, 0.2) is 11.9 Å². The number of carboxylic acids is 1. The minimum atomic E-state index is -0.841. The van der Waals surface area contributed by atoms with Gasteiger partial charge >= 0.3 is 5.97 Å². The molecule has 0 spiro atoms. The monoisotopic (exact) mass is 240 g/mol. The molecule has 5 nitrogen and oxygen atoms in total. The molecule has 5 heteroatoms. The Hall–Kier alpha value is -1.78. The SMILES string of the molecule is CC[n+]1ccc(O)c(OCCCC(=O)O)c1C. The number of ether oxygens (including phenoxy) is 1. The maximum atomic E-state index is 10.3. The average Bonchev–Trinajstić information content (AvgIpc) is 2.27. The second kappa shape index (κ2) is 6.08. The van der Waals surface area contributed by atoms with Gasteiger partial charge < -0.3 is 14.9 Å². The van der Waals surface area contributed by atoms with Crippen molar-refractivity contribution < 1.29 is 24.3 Å². The summed E-state index contributed by atoms with van der Waals surface area (Å²) in [4.78, 5) is 10.3. The number of pyridine rings is 1. The van der Waals surface area contributed by atoms with Gasteiger partial charge in [-0.25, -0.2) is 0 Å². The molecule has 0 amide bonds. The fourth-order valence-electron chi connectivity index (χ4n) is 1.58. The van der Waals surface area contributed by atoms with E-state index in [2.05, 4.69) is 0 Å². The van der Waals surface area contributed by atoms with E-state index in [9.17, 15) is 9.90 Å². The first-order valence-corrected chi connectivity index (χ1v) is 5.62. The number of carbonyl (C=O) groups is 1. The molecule has 0 unspecified atom stereocenters. The number of hydrogen-bond donors (Lipinski definition) is 2. The highest BCUT2D eigenvalue weighted by atomic mass is 16.5. The summed E-state index contributed by atoms with van der Waals surface area (Å²) >= 11 is 0. The number of nitrogens with zero attached hydrogens (tertiary/aromatic N) is 1. The molecule has 1 aromatic rings. The lowest BCUT2D eigenvalue weighted by molar-refractivity contribution is -0.699. The fraction of sp³-hybridized carbons (Fsp3) is 0.500. The topological polar surface area (TPSA) is 70.6 Å². The van der Waals surface area contributed by atoms with Crippen molar-refractivity contribution in [3.8, 4) is 11.5 Å². The predicted octanol–water partition coefficient (Wildman–Crippen LogP) is 1.25. The van der Waals surface area contributed by atoms with Gasteiger partial charge in [-0.05, 0) is 13.3 Å². The smallest absolute Gasteiger partial charge is 0.303 e. The first-order chi connectivity index (χ1) is 8.06. The quantitative estimate of drug-likeness (QED) is 0.580. The van der Waals surface area contributed by atoms with Gasteiger partial charge in [-0.3, -0.25) is 4.79 Å². The zero-order valence-electron chi connectivity index (χ0n) is 10.1.